The summed E-state index contributed by atoms with van der Waals surface area (Å²) in [4.78, 5) is 2.13. The largest absolute Gasteiger partial charge is 1.00 e. The molecule has 0 aromatic carbocycles. The van der Waals surface area contributed by atoms with Crippen molar-refractivity contribution in [1.82, 2.24) is 4.90 Å². The van der Waals surface area contributed by atoms with Crippen LogP contribution in [0.25, 0.3) is 0 Å². The van der Waals surface area contributed by atoms with Gasteiger partial charge in [-0.2, -0.15) is 0 Å². The summed E-state index contributed by atoms with van der Waals surface area (Å²) in [5.41, 5.74) is 0.904. The van der Waals surface area contributed by atoms with Crippen molar-refractivity contribution in [3.05, 3.63) is 11.6 Å². The number of fused-ring (bicyclic) bond motifs is 1. The summed E-state index contributed by atoms with van der Waals surface area (Å²) in [5.74, 6) is -0.0996. The van der Waals surface area contributed by atoms with Crippen molar-refractivity contribution >= 4 is 0 Å². The van der Waals surface area contributed by atoms with E-state index in [0.29, 0.717) is 0 Å². The van der Waals surface area contributed by atoms with Crippen LogP contribution in [-0.2, 0) is 4.74 Å². The number of allylic oxidation sites excluding steroid dienone is 1. The van der Waals surface area contributed by atoms with Crippen LogP contribution in [0.5, 0.6) is 0 Å². The molecule has 1 atom stereocenters. The van der Waals surface area contributed by atoms with Gasteiger partial charge in [-0.15, -0.1) is 0 Å². The zero-order valence-corrected chi connectivity index (χ0v) is 9.46. The van der Waals surface area contributed by atoms with Crippen LogP contribution in [0.2, 0.25) is 0 Å². The number of hydrogen-bond donors (Lipinski definition) is 0. The molecule has 4 heteroatoms. The summed E-state index contributed by atoms with van der Waals surface area (Å²) in [6.07, 6.45) is 1.94. The van der Waals surface area contributed by atoms with Gasteiger partial charge in [-0.25, -0.2) is 0 Å². The van der Waals surface area contributed by atoms with E-state index in [9.17, 15) is 5.11 Å². The fourth-order valence-electron chi connectivity index (χ4n) is 2.05. The SMILES string of the molecule is CC(C)(C)[C@H]1OC([O-])=C2CCCN21.[Li+]. The molecule has 3 nitrogen and oxygen atoms in total. The molecule has 2 aliphatic rings. The Labute approximate surface area is 97.3 Å². The van der Waals surface area contributed by atoms with Crippen LogP contribution in [0.4, 0.5) is 0 Å². The van der Waals surface area contributed by atoms with E-state index in [2.05, 4.69) is 25.7 Å². The van der Waals surface area contributed by atoms with Gasteiger partial charge in [0.2, 0.25) is 0 Å². The van der Waals surface area contributed by atoms with Crippen LogP contribution < -0.4 is 24.0 Å². The average Bonchev–Trinajstić information content (AvgIpc) is 2.51. The second kappa shape index (κ2) is 3.71. The molecule has 14 heavy (non-hydrogen) atoms. The Morgan fingerprint density at radius 3 is 2.64 bits per heavy atom. The van der Waals surface area contributed by atoms with E-state index in [1.165, 1.54) is 0 Å². The number of nitrogens with zero attached hydrogens (tertiary/aromatic N) is 1. The van der Waals surface area contributed by atoms with Gasteiger partial charge in [0, 0.05) is 12.2 Å². The average molecular weight is 189 g/mol. The molecule has 2 aliphatic heterocycles. The van der Waals surface area contributed by atoms with E-state index in [4.69, 9.17) is 4.74 Å². The van der Waals surface area contributed by atoms with Crippen molar-refractivity contribution < 1.29 is 28.7 Å². The first-order valence-corrected chi connectivity index (χ1v) is 4.83. The van der Waals surface area contributed by atoms with E-state index in [0.717, 1.165) is 25.1 Å². The fraction of sp³-hybridized carbons (Fsp3) is 0.800. The minimum absolute atomic E-state index is 0. The van der Waals surface area contributed by atoms with Crippen molar-refractivity contribution in [2.75, 3.05) is 6.54 Å². The first kappa shape index (κ1) is 11.8. The summed E-state index contributed by atoms with van der Waals surface area (Å²) < 4.78 is 5.34. The normalized spacial score (nSPS) is 25.9. The topological polar surface area (TPSA) is 35.5 Å². The maximum Gasteiger partial charge on any atom is 1.00 e. The van der Waals surface area contributed by atoms with Gasteiger partial charge in [-0.05, 0) is 18.3 Å². The van der Waals surface area contributed by atoms with Crippen LogP contribution in [0.1, 0.15) is 33.6 Å². The molecule has 0 bridgehead atoms. The maximum atomic E-state index is 11.4. The monoisotopic (exact) mass is 189 g/mol. The third kappa shape index (κ3) is 1.76. The second-order valence-corrected chi connectivity index (χ2v) is 4.87. The minimum atomic E-state index is -0.0996. The molecule has 0 aromatic rings. The smallest absolute Gasteiger partial charge is 0.589 e. The number of ether oxygens (including phenoxy) is 1. The molecule has 0 unspecified atom stereocenters. The van der Waals surface area contributed by atoms with Crippen LogP contribution in [0.3, 0.4) is 0 Å². The van der Waals surface area contributed by atoms with Gasteiger partial charge in [0.25, 0.3) is 0 Å². The number of hydrogen-bond acceptors (Lipinski definition) is 3. The van der Waals surface area contributed by atoms with Crippen LogP contribution in [-0.4, -0.2) is 17.7 Å². The molecule has 1 saturated heterocycles. The van der Waals surface area contributed by atoms with Gasteiger partial charge < -0.3 is 14.7 Å². The molecule has 0 amide bonds. The van der Waals surface area contributed by atoms with Crippen molar-refractivity contribution in [2.24, 2.45) is 5.41 Å². The Morgan fingerprint density at radius 2 is 2.07 bits per heavy atom. The molecular weight excluding hydrogens is 173 g/mol. The first-order valence-electron chi connectivity index (χ1n) is 4.83. The van der Waals surface area contributed by atoms with E-state index in [1.807, 2.05) is 0 Å². The second-order valence-electron chi connectivity index (χ2n) is 4.87. The summed E-state index contributed by atoms with van der Waals surface area (Å²) in [5, 5.41) is 11.4. The van der Waals surface area contributed by atoms with Crippen molar-refractivity contribution in [3.63, 3.8) is 0 Å². The first-order chi connectivity index (χ1) is 6.00. The van der Waals surface area contributed by atoms with Gasteiger partial charge >= 0.3 is 18.9 Å². The predicted octanol–water partition coefficient (Wildman–Crippen LogP) is -1.98. The van der Waals surface area contributed by atoms with Gasteiger partial charge in [0.1, 0.15) is 0 Å². The Balaban J connectivity index is 0.000000980. The molecular formula is C10H16LiNO2. The Morgan fingerprint density at radius 1 is 1.43 bits per heavy atom. The predicted molar refractivity (Wildman–Crippen MR) is 47.3 cm³/mol. The third-order valence-corrected chi connectivity index (χ3v) is 2.64. The summed E-state index contributed by atoms with van der Waals surface area (Å²) in [6, 6.07) is 0. The molecule has 2 heterocycles. The Kier molecular flexibility index (Phi) is 3.13. The van der Waals surface area contributed by atoms with Crippen molar-refractivity contribution in [2.45, 2.75) is 39.8 Å². The van der Waals surface area contributed by atoms with E-state index in [-0.39, 0.29) is 36.4 Å². The fourth-order valence-corrected chi connectivity index (χ4v) is 2.05. The van der Waals surface area contributed by atoms with E-state index >= 15 is 0 Å². The quantitative estimate of drug-likeness (QED) is 0.414. The summed E-state index contributed by atoms with van der Waals surface area (Å²) in [6.45, 7) is 7.29. The van der Waals surface area contributed by atoms with Crippen molar-refractivity contribution in [3.8, 4) is 0 Å². The molecule has 0 saturated carbocycles. The molecule has 0 aromatic heterocycles. The third-order valence-electron chi connectivity index (χ3n) is 2.64. The maximum absolute atomic E-state index is 11.4. The zero-order chi connectivity index (χ0) is 9.64. The summed E-state index contributed by atoms with van der Waals surface area (Å²) in [7, 11) is 0. The molecule has 0 spiro atoms. The number of rotatable bonds is 0. The van der Waals surface area contributed by atoms with E-state index < -0.39 is 0 Å². The van der Waals surface area contributed by atoms with Crippen LogP contribution >= 0.6 is 0 Å². The van der Waals surface area contributed by atoms with Gasteiger partial charge in [-0.1, -0.05) is 20.8 Å². The molecule has 2 rings (SSSR count). The molecule has 0 radical (unpaired) electrons. The van der Waals surface area contributed by atoms with Crippen LogP contribution in [0, 0.1) is 5.41 Å². The Bertz CT molecular complexity index is 257. The summed E-state index contributed by atoms with van der Waals surface area (Å²) >= 11 is 0. The standard InChI is InChI=1S/C10H17NO2.Li/c1-10(2,3)9-11-6-4-5-7(11)8(12)13-9;/h9,12H,4-6H2,1-3H3;/q;+1/p-1/t9-;/m1./s1. The Hall–Kier alpha value is -0.263. The van der Waals surface area contributed by atoms with Gasteiger partial charge in [0.05, 0.1) is 12.2 Å². The zero-order valence-electron chi connectivity index (χ0n) is 9.46. The van der Waals surface area contributed by atoms with Crippen molar-refractivity contribution in [1.29, 1.82) is 0 Å². The van der Waals surface area contributed by atoms with Crippen LogP contribution in [0.15, 0.2) is 11.6 Å². The molecule has 0 N–H and O–H groups in total. The molecule has 74 valence electrons. The van der Waals surface area contributed by atoms with E-state index in [1.54, 1.807) is 0 Å². The molecule has 1 fully saturated rings. The molecule has 0 aliphatic carbocycles. The minimum Gasteiger partial charge on any atom is -0.589 e. The van der Waals surface area contributed by atoms with Gasteiger partial charge in [-0.3, -0.25) is 0 Å². The van der Waals surface area contributed by atoms with Gasteiger partial charge in [0.15, 0.2) is 0 Å².